The van der Waals surface area contributed by atoms with Gasteiger partial charge in [0, 0.05) is 10.9 Å². The molecule has 0 aliphatic rings. The zero-order valence-corrected chi connectivity index (χ0v) is 16.4. The molecule has 1 aromatic heterocycles. The number of carbonyl (C=O) groups is 2. The highest BCUT2D eigenvalue weighted by atomic mass is 19.3. The first kappa shape index (κ1) is 21.1. The van der Waals surface area contributed by atoms with Gasteiger partial charge in [0.2, 0.25) is 5.76 Å². The summed E-state index contributed by atoms with van der Waals surface area (Å²) in [6.07, 6.45) is -1.22. The second kappa shape index (κ2) is 8.81. The van der Waals surface area contributed by atoms with Gasteiger partial charge in [0.05, 0.1) is 12.8 Å². The Morgan fingerprint density at radius 3 is 2.57 bits per heavy atom. The fraction of sp³-hybridized carbons (Fsp3) is 0.238. The van der Waals surface area contributed by atoms with Gasteiger partial charge in [0.25, 0.3) is 5.91 Å². The Balaban J connectivity index is 1.72. The number of ether oxygens (including phenoxy) is 3. The molecule has 1 heterocycles. The maximum absolute atomic E-state index is 12.5. The fourth-order valence-corrected chi connectivity index (χ4v) is 2.79. The van der Waals surface area contributed by atoms with E-state index in [1.165, 1.54) is 38.3 Å². The molecule has 3 aromatic rings. The maximum atomic E-state index is 12.5. The molecule has 1 atom stereocenters. The van der Waals surface area contributed by atoms with Crippen LogP contribution in [0, 0.1) is 6.92 Å². The van der Waals surface area contributed by atoms with E-state index < -0.39 is 24.6 Å². The lowest BCUT2D eigenvalue weighted by molar-refractivity contribution is -0.124. The fourth-order valence-electron chi connectivity index (χ4n) is 2.79. The number of alkyl halides is 2. The lowest BCUT2D eigenvalue weighted by Crippen LogP contribution is -2.30. The summed E-state index contributed by atoms with van der Waals surface area (Å²) in [5.41, 5.74) is 1.03. The van der Waals surface area contributed by atoms with Crippen LogP contribution in [-0.2, 0) is 9.53 Å². The van der Waals surface area contributed by atoms with Crippen LogP contribution in [0.2, 0.25) is 0 Å². The quantitative estimate of drug-likeness (QED) is 0.566. The number of nitrogens with one attached hydrogen (secondary N) is 1. The van der Waals surface area contributed by atoms with Gasteiger partial charge in [-0.1, -0.05) is 12.1 Å². The number of furan rings is 1. The standard InChI is InChI=1S/C21H19F2NO6/c1-11-14-10-13(27-3)8-9-16(14)29-18(11)20(26)28-12(2)19(25)24-15-6-4-5-7-17(15)30-21(22)23/h4-10,12,21H,1-3H3,(H,24,25). The average molecular weight is 419 g/mol. The van der Waals surface area contributed by atoms with Crippen LogP contribution in [-0.4, -0.2) is 31.7 Å². The van der Waals surface area contributed by atoms with E-state index in [-0.39, 0.29) is 17.2 Å². The molecule has 9 heteroatoms. The molecule has 30 heavy (non-hydrogen) atoms. The van der Waals surface area contributed by atoms with Crippen LogP contribution in [0.3, 0.4) is 0 Å². The first-order valence-electron chi connectivity index (χ1n) is 8.93. The molecule has 1 amide bonds. The minimum absolute atomic E-state index is 0.0257. The number of carbonyl (C=O) groups excluding carboxylic acids is 2. The van der Waals surface area contributed by atoms with Crippen LogP contribution in [0.25, 0.3) is 11.0 Å². The smallest absolute Gasteiger partial charge is 0.387 e. The Morgan fingerprint density at radius 2 is 1.87 bits per heavy atom. The van der Waals surface area contributed by atoms with Crippen molar-refractivity contribution in [3.63, 3.8) is 0 Å². The molecule has 0 fully saturated rings. The van der Waals surface area contributed by atoms with Gasteiger partial charge < -0.3 is 23.9 Å². The molecular weight excluding hydrogens is 400 g/mol. The van der Waals surface area contributed by atoms with Crippen molar-refractivity contribution in [1.29, 1.82) is 0 Å². The lowest BCUT2D eigenvalue weighted by Gasteiger charge is -2.15. The molecule has 2 aromatic carbocycles. The summed E-state index contributed by atoms with van der Waals surface area (Å²) in [6.45, 7) is -0.0111. The number of methoxy groups -OCH3 is 1. The van der Waals surface area contributed by atoms with Gasteiger partial charge in [0.1, 0.15) is 17.1 Å². The van der Waals surface area contributed by atoms with Crippen LogP contribution in [0.15, 0.2) is 46.9 Å². The number of benzene rings is 2. The summed E-state index contributed by atoms with van der Waals surface area (Å²) in [5.74, 6) is -1.20. The predicted octanol–water partition coefficient (Wildman–Crippen LogP) is 4.54. The normalized spacial score (nSPS) is 11.9. The van der Waals surface area contributed by atoms with Gasteiger partial charge in [-0.05, 0) is 44.2 Å². The third kappa shape index (κ3) is 4.51. The Kier molecular flexibility index (Phi) is 6.20. The topological polar surface area (TPSA) is 87.0 Å². The van der Waals surface area contributed by atoms with E-state index in [1.54, 1.807) is 25.1 Å². The molecule has 1 N–H and O–H groups in total. The van der Waals surface area contributed by atoms with E-state index in [0.29, 0.717) is 22.3 Å². The summed E-state index contributed by atoms with van der Waals surface area (Å²) in [7, 11) is 1.52. The molecule has 7 nitrogen and oxygen atoms in total. The van der Waals surface area contributed by atoms with Crippen molar-refractivity contribution < 1.29 is 37.0 Å². The van der Waals surface area contributed by atoms with Crippen LogP contribution in [0.5, 0.6) is 11.5 Å². The molecule has 0 spiro atoms. The van der Waals surface area contributed by atoms with Crippen molar-refractivity contribution in [3.8, 4) is 11.5 Å². The number of hydrogen-bond acceptors (Lipinski definition) is 6. The van der Waals surface area contributed by atoms with Crippen LogP contribution < -0.4 is 14.8 Å². The van der Waals surface area contributed by atoms with Crippen molar-refractivity contribution in [2.45, 2.75) is 26.6 Å². The first-order valence-corrected chi connectivity index (χ1v) is 8.93. The van der Waals surface area contributed by atoms with Crippen molar-refractivity contribution >= 4 is 28.5 Å². The SMILES string of the molecule is COc1ccc2oc(C(=O)OC(C)C(=O)Nc3ccccc3OC(F)F)c(C)c2c1. The van der Waals surface area contributed by atoms with Crippen LogP contribution >= 0.6 is 0 Å². The highest BCUT2D eigenvalue weighted by Crippen LogP contribution is 2.30. The van der Waals surface area contributed by atoms with E-state index in [2.05, 4.69) is 10.1 Å². The van der Waals surface area contributed by atoms with Crippen molar-refractivity contribution in [2.75, 3.05) is 12.4 Å². The van der Waals surface area contributed by atoms with Gasteiger partial charge in [-0.2, -0.15) is 8.78 Å². The molecule has 3 rings (SSSR count). The zero-order valence-electron chi connectivity index (χ0n) is 16.4. The highest BCUT2D eigenvalue weighted by Gasteiger charge is 2.25. The molecule has 0 radical (unpaired) electrons. The summed E-state index contributed by atoms with van der Waals surface area (Å²) in [5, 5.41) is 3.08. The van der Waals surface area contributed by atoms with Crippen LogP contribution in [0.4, 0.5) is 14.5 Å². The number of esters is 1. The Labute approximate surface area is 170 Å². The number of aryl methyl sites for hydroxylation is 1. The third-order valence-corrected chi connectivity index (χ3v) is 4.34. The Morgan fingerprint density at radius 1 is 1.13 bits per heavy atom. The average Bonchev–Trinajstić information content (AvgIpc) is 3.05. The number of halogens is 2. The largest absolute Gasteiger partial charge is 0.497 e. The summed E-state index contributed by atoms with van der Waals surface area (Å²) < 4.78 is 45.3. The summed E-state index contributed by atoms with van der Waals surface area (Å²) in [6, 6.07) is 10.8. The molecule has 0 saturated heterocycles. The van der Waals surface area contributed by atoms with E-state index in [1.807, 2.05) is 0 Å². The first-order chi connectivity index (χ1) is 14.3. The van der Waals surface area contributed by atoms with Crippen molar-refractivity contribution in [3.05, 3.63) is 53.8 Å². The maximum Gasteiger partial charge on any atom is 0.387 e. The van der Waals surface area contributed by atoms with Gasteiger partial charge in [-0.15, -0.1) is 0 Å². The molecular formula is C21H19F2NO6. The number of fused-ring (bicyclic) bond motifs is 1. The number of amides is 1. The van der Waals surface area contributed by atoms with E-state index in [9.17, 15) is 18.4 Å². The molecule has 0 aliphatic heterocycles. The Hall–Kier alpha value is -3.62. The van der Waals surface area contributed by atoms with E-state index in [0.717, 1.165) is 0 Å². The van der Waals surface area contributed by atoms with Gasteiger partial charge in [-0.3, -0.25) is 4.79 Å². The lowest BCUT2D eigenvalue weighted by atomic mass is 10.1. The number of para-hydroxylation sites is 2. The van der Waals surface area contributed by atoms with Crippen LogP contribution in [0.1, 0.15) is 23.0 Å². The van der Waals surface area contributed by atoms with E-state index in [4.69, 9.17) is 13.9 Å². The van der Waals surface area contributed by atoms with E-state index >= 15 is 0 Å². The molecule has 0 aliphatic carbocycles. The summed E-state index contributed by atoms with van der Waals surface area (Å²) >= 11 is 0. The van der Waals surface area contributed by atoms with Gasteiger partial charge in [0.15, 0.2) is 6.10 Å². The zero-order chi connectivity index (χ0) is 21.8. The second-order valence-electron chi connectivity index (χ2n) is 6.33. The monoisotopic (exact) mass is 419 g/mol. The van der Waals surface area contributed by atoms with Crippen molar-refractivity contribution in [1.82, 2.24) is 0 Å². The molecule has 0 bridgehead atoms. The minimum Gasteiger partial charge on any atom is -0.497 e. The Bertz CT molecular complexity index is 1080. The predicted molar refractivity (Wildman–Crippen MR) is 104 cm³/mol. The minimum atomic E-state index is -3.05. The number of rotatable bonds is 7. The highest BCUT2D eigenvalue weighted by molar-refractivity contribution is 6.00. The second-order valence-corrected chi connectivity index (χ2v) is 6.33. The number of anilines is 1. The molecule has 158 valence electrons. The third-order valence-electron chi connectivity index (χ3n) is 4.34. The van der Waals surface area contributed by atoms with Gasteiger partial charge >= 0.3 is 12.6 Å². The van der Waals surface area contributed by atoms with Gasteiger partial charge in [-0.25, -0.2) is 4.79 Å². The van der Waals surface area contributed by atoms with Crippen molar-refractivity contribution in [2.24, 2.45) is 0 Å². The number of hydrogen-bond donors (Lipinski definition) is 1. The summed E-state index contributed by atoms with van der Waals surface area (Å²) in [4.78, 5) is 24.9. The molecule has 1 unspecified atom stereocenters. The molecule has 0 saturated carbocycles.